The largest absolute Gasteiger partial charge is 0.365 e. The Bertz CT molecular complexity index is 794. The molecule has 0 aliphatic heterocycles. The third-order valence-electron chi connectivity index (χ3n) is 3.63. The van der Waals surface area contributed by atoms with Gasteiger partial charge in [0.1, 0.15) is 5.82 Å². The summed E-state index contributed by atoms with van der Waals surface area (Å²) in [7, 11) is 0. The molecule has 0 saturated heterocycles. The summed E-state index contributed by atoms with van der Waals surface area (Å²) in [4.78, 5) is 4.32. The fourth-order valence-corrected chi connectivity index (χ4v) is 2.33. The zero-order valence-electron chi connectivity index (χ0n) is 11.3. The van der Waals surface area contributed by atoms with E-state index in [9.17, 15) is 4.39 Å². The van der Waals surface area contributed by atoms with Crippen molar-refractivity contribution in [2.45, 2.75) is 25.4 Å². The van der Waals surface area contributed by atoms with Crippen molar-refractivity contribution < 1.29 is 4.39 Å². The molecule has 1 saturated carbocycles. The van der Waals surface area contributed by atoms with E-state index in [2.05, 4.69) is 20.6 Å². The molecule has 106 valence electrons. The maximum Gasteiger partial charge on any atom is 0.156 e. The van der Waals surface area contributed by atoms with Crippen molar-refractivity contribution in [1.82, 2.24) is 20.0 Å². The van der Waals surface area contributed by atoms with Crippen LogP contribution >= 0.6 is 0 Å². The minimum absolute atomic E-state index is 0.230. The summed E-state index contributed by atoms with van der Waals surface area (Å²) in [5.41, 5.74) is 2.19. The standard InChI is InChI=1S/C15H14FN5/c16-12-4-2-1-3-10(12)9-21-13-7-8-17-15(14(13)19-20-21)18-11-5-6-11/h1-4,7-8,11H,5-6,9H2,(H,17,18). The summed E-state index contributed by atoms with van der Waals surface area (Å²) < 4.78 is 15.5. The number of aromatic nitrogens is 4. The first-order chi connectivity index (χ1) is 10.3. The van der Waals surface area contributed by atoms with Crippen LogP contribution in [0.3, 0.4) is 0 Å². The molecular formula is C15H14FN5. The lowest BCUT2D eigenvalue weighted by atomic mass is 10.2. The van der Waals surface area contributed by atoms with Crippen molar-refractivity contribution >= 4 is 16.9 Å². The Hall–Kier alpha value is -2.50. The van der Waals surface area contributed by atoms with Gasteiger partial charge in [-0.2, -0.15) is 0 Å². The van der Waals surface area contributed by atoms with E-state index in [1.54, 1.807) is 23.0 Å². The predicted octanol–water partition coefficient (Wildman–Crippen LogP) is 2.59. The first-order valence-corrected chi connectivity index (χ1v) is 6.99. The van der Waals surface area contributed by atoms with Gasteiger partial charge in [-0.15, -0.1) is 5.10 Å². The Morgan fingerprint density at radius 3 is 2.90 bits per heavy atom. The number of anilines is 1. The Labute approximate surface area is 120 Å². The van der Waals surface area contributed by atoms with Crippen LogP contribution < -0.4 is 5.32 Å². The van der Waals surface area contributed by atoms with E-state index in [1.165, 1.54) is 18.9 Å². The van der Waals surface area contributed by atoms with Gasteiger partial charge in [-0.1, -0.05) is 23.4 Å². The lowest BCUT2D eigenvalue weighted by molar-refractivity contribution is 0.583. The zero-order chi connectivity index (χ0) is 14.2. The normalized spacial score (nSPS) is 14.5. The van der Waals surface area contributed by atoms with Gasteiger partial charge in [-0.05, 0) is 25.0 Å². The van der Waals surface area contributed by atoms with Crippen LogP contribution in [0.1, 0.15) is 18.4 Å². The fourth-order valence-electron chi connectivity index (χ4n) is 2.33. The van der Waals surface area contributed by atoms with Crippen molar-refractivity contribution in [1.29, 1.82) is 0 Å². The van der Waals surface area contributed by atoms with E-state index < -0.39 is 0 Å². The van der Waals surface area contributed by atoms with Gasteiger partial charge in [0.05, 0.1) is 12.1 Å². The SMILES string of the molecule is Fc1ccccc1Cn1nnc2c(NC3CC3)nccc21. The quantitative estimate of drug-likeness (QED) is 0.799. The molecule has 1 aliphatic rings. The number of hydrogen-bond donors (Lipinski definition) is 1. The molecule has 0 radical (unpaired) electrons. The molecule has 21 heavy (non-hydrogen) atoms. The maximum atomic E-state index is 13.8. The molecule has 1 aromatic carbocycles. The molecule has 5 nitrogen and oxygen atoms in total. The number of fused-ring (bicyclic) bond motifs is 1. The molecular weight excluding hydrogens is 269 g/mol. The van der Waals surface area contributed by atoms with Gasteiger partial charge in [0.2, 0.25) is 0 Å². The minimum atomic E-state index is -0.230. The average molecular weight is 283 g/mol. The van der Waals surface area contributed by atoms with Gasteiger partial charge in [-0.3, -0.25) is 0 Å². The molecule has 4 rings (SSSR count). The highest BCUT2D eigenvalue weighted by molar-refractivity contribution is 5.85. The van der Waals surface area contributed by atoms with Crippen molar-refractivity contribution in [3.63, 3.8) is 0 Å². The second-order valence-electron chi connectivity index (χ2n) is 5.28. The highest BCUT2D eigenvalue weighted by atomic mass is 19.1. The molecule has 1 aliphatic carbocycles. The van der Waals surface area contributed by atoms with E-state index in [0.717, 1.165) is 16.9 Å². The van der Waals surface area contributed by atoms with Crippen LogP contribution in [-0.2, 0) is 6.54 Å². The fraction of sp³-hybridized carbons (Fsp3) is 0.267. The summed E-state index contributed by atoms with van der Waals surface area (Å²) in [6.45, 7) is 0.357. The number of pyridine rings is 1. The summed E-state index contributed by atoms with van der Waals surface area (Å²) >= 11 is 0. The van der Waals surface area contributed by atoms with E-state index in [1.807, 2.05) is 12.1 Å². The van der Waals surface area contributed by atoms with Gasteiger partial charge in [0.25, 0.3) is 0 Å². The number of halogens is 1. The highest BCUT2D eigenvalue weighted by Gasteiger charge is 2.23. The lowest BCUT2D eigenvalue weighted by Gasteiger charge is -2.05. The van der Waals surface area contributed by atoms with Crippen LogP contribution in [-0.4, -0.2) is 26.0 Å². The Morgan fingerprint density at radius 2 is 2.10 bits per heavy atom. The van der Waals surface area contributed by atoms with Crippen molar-refractivity contribution in [3.05, 3.63) is 47.9 Å². The van der Waals surface area contributed by atoms with E-state index in [4.69, 9.17) is 0 Å². The number of rotatable bonds is 4. The average Bonchev–Trinajstić information content (AvgIpc) is 3.21. The van der Waals surface area contributed by atoms with Crippen LogP contribution in [0, 0.1) is 5.82 Å². The second kappa shape index (κ2) is 4.80. The van der Waals surface area contributed by atoms with Crippen molar-refractivity contribution in [2.24, 2.45) is 0 Å². The van der Waals surface area contributed by atoms with Gasteiger partial charge >= 0.3 is 0 Å². The van der Waals surface area contributed by atoms with Crippen LogP contribution in [0.25, 0.3) is 11.0 Å². The van der Waals surface area contributed by atoms with Crippen LogP contribution in [0.2, 0.25) is 0 Å². The third-order valence-corrected chi connectivity index (χ3v) is 3.63. The van der Waals surface area contributed by atoms with Crippen LogP contribution in [0.4, 0.5) is 10.2 Å². The molecule has 0 bridgehead atoms. The maximum absolute atomic E-state index is 13.8. The van der Waals surface area contributed by atoms with Crippen molar-refractivity contribution in [3.8, 4) is 0 Å². The first kappa shape index (κ1) is 12.3. The molecule has 0 atom stereocenters. The minimum Gasteiger partial charge on any atom is -0.365 e. The van der Waals surface area contributed by atoms with Gasteiger partial charge < -0.3 is 5.32 Å². The number of benzene rings is 1. The highest BCUT2D eigenvalue weighted by Crippen LogP contribution is 2.27. The zero-order valence-corrected chi connectivity index (χ0v) is 11.3. The van der Waals surface area contributed by atoms with Gasteiger partial charge in [-0.25, -0.2) is 14.1 Å². The monoisotopic (exact) mass is 283 g/mol. The van der Waals surface area contributed by atoms with Gasteiger partial charge in [0, 0.05) is 17.8 Å². The smallest absolute Gasteiger partial charge is 0.156 e. The van der Waals surface area contributed by atoms with E-state index in [-0.39, 0.29) is 5.82 Å². The van der Waals surface area contributed by atoms with Gasteiger partial charge in [0.15, 0.2) is 11.3 Å². The molecule has 0 amide bonds. The number of nitrogens with one attached hydrogen (secondary N) is 1. The molecule has 2 aromatic heterocycles. The molecule has 1 N–H and O–H groups in total. The van der Waals surface area contributed by atoms with Crippen molar-refractivity contribution in [2.75, 3.05) is 5.32 Å². The summed E-state index contributed by atoms with van der Waals surface area (Å²) in [5.74, 6) is 0.529. The van der Waals surface area contributed by atoms with Crippen LogP contribution in [0.15, 0.2) is 36.5 Å². The van der Waals surface area contributed by atoms with Crippen LogP contribution in [0.5, 0.6) is 0 Å². The first-order valence-electron chi connectivity index (χ1n) is 6.99. The summed E-state index contributed by atoms with van der Waals surface area (Å²) in [6.07, 6.45) is 4.07. The number of hydrogen-bond acceptors (Lipinski definition) is 4. The summed E-state index contributed by atoms with van der Waals surface area (Å²) in [6, 6.07) is 9.07. The molecule has 6 heteroatoms. The lowest BCUT2D eigenvalue weighted by Crippen LogP contribution is -2.05. The summed E-state index contributed by atoms with van der Waals surface area (Å²) in [5, 5.41) is 11.7. The van der Waals surface area contributed by atoms with E-state index >= 15 is 0 Å². The molecule has 0 unspecified atom stereocenters. The molecule has 3 aromatic rings. The Balaban J connectivity index is 1.71. The Kier molecular flexibility index (Phi) is 2.80. The second-order valence-corrected chi connectivity index (χ2v) is 5.28. The topological polar surface area (TPSA) is 55.6 Å². The molecule has 2 heterocycles. The molecule has 1 fully saturated rings. The van der Waals surface area contributed by atoms with E-state index in [0.29, 0.717) is 18.2 Å². The molecule has 0 spiro atoms. The number of nitrogens with zero attached hydrogens (tertiary/aromatic N) is 4. The third kappa shape index (κ3) is 2.33. The Morgan fingerprint density at radius 1 is 1.24 bits per heavy atom. The predicted molar refractivity (Wildman–Crippen MR) is 77.5 cm³/mol.